The molecular weight excluding hydrogens is 240 g/mol. The van der Waals surface area contributed by atoms with Crippen LogP contribution in [0.25, 0.3) is 0 Å². The molecule has 19 heavy (non-hydrogen) atoms. The molecule has 0 amide bonds. The number of aryl methyl sites for hydroxylation is 3. The van der Waals surface area contributed by atoms with Gasteiger partial charge in [-0.3, -0.25) is 4.68 Å². The first-order chi connectivity index (χ1) is 9.02. The van der Waals surface area contributed by atoms with Gasteiger partial charge in [0.05, 0.1) is 17.9 Å². The molecule has 0 spiro atoms. The van der Waals surface area contributed by atoms with Crippen molar-refractivity contribution < 1.29 is 4.42 Å². The lowest BCUT2D eigenvalue weighted by Crippen LogP contribution is -2.20. The van der Waals surface area contributed by atoms with Crippen molar-refractivity contribution in [1.29, 1.82) is 0 Å². The summed E-state index contributed by atoms with van der Waals surface area (Å²) < 4.78 is 7.44. The summed E-state index contributed by atoms with van der Waals surface area (Å²) in [6, 6.07) is 3.96. The molecule has 5 heteroatoms. The Bertz CT molecular complexity index is 556. The summed E-state index contributed by atoms with van der Waals surface area (Å²) in [5, 5.41) is 4.49. The van der Waals surface area contributed by atoms with Crippen LogP contribution < -0.4 is 10.6 Å². The highest BCUT2D eigenvalue weighted by molar-refractivity contribution is 5.66. The Labute approximate surface area is 114 Å². The van der Waals surface area contributed by atoms with Crippen LogP contribution in [0.1, 0.15) is 30.6 Å². The maximum Gasteiger partial charge on any atom is 0.150 e. The zero-order chi connectivity index (χ0) is 14.0. The van der Waals surface area contributed by atoms with Gasteiger partial charge in [-0.05, 0) is 25.5 Å². The van der Waals surface area contributed by atoms with Gasteiger partial charge in [0.2, 0.25) is 0 Å². The second-order valence-corrected chi connectivity index (χ2v) is 4.93. The molecule has 5 nitrogen and oxygen atoms in total. The number of hydrogen-bond donors (Lipinski definition) is 1. The number of furan rings is 1. The smallest absolute Gasteiger partial charge is 0.150 e. The maximum absolute atomic E-state index is 6.19. The largest absolute Gasteiger partial charge is 0.464 e. The van der Waals surface area contributed by atoms with Gasteiger partial charge < -0.3 is 15.1 Å². The van der Waals surface area contributed by atoms with E-state index in [1.165, 1.54) is 0 Å². The second-order valence-electron chi connectivity index (χ2n) is 4.93. The number of nitrogens with zero attached hydrogens (tertiary/aromatic N) is 3. The minimum absolute atomic E-state index is 0.684. The van der Waals surface area contributed by atoms with Crippen molar-refractivity contribution in [3.05, 3.63) is 29.3 Å². The van der Waals surface area contributed by atoms with E-state index in [-0.39, 0.29) is 0 Å². The lowest BCUT2D eigenvalue weighted by atomic mass is 10.2. The Hall–Kier alpha value is -1.91. The number of nitrogen functional groups attached to an aromatic ring is 1. The highest BCUT2D eigenvalue weighted by Crippen LogP contribution is 2.27. The highest BCUT2D eigenvalue weighted by atomic mass is 16.3. The summed E-state index contributed by atoms with van der Waals surface area (Å²) in [6.45, 7) is 4.76. The molecular formula is C14H22N4O. The van der Waals surface area contributed by atoms with Gasteiger partial charge in [-0.2, -0.15) is 5.10 Å². The van der Waals surface area contributed by atoms with Crippen LogP contribution in [-0.4, -0.2) is 16.8 Å². The molecule has 0 aromatic carbocycles. The average Bonchev–Trinajstić information content (AvgIpc) is 2.85. The van der Waals surface area contributed by atoms with Gasteiger partial charge in [0.25, 0.3) is 0 Å². The number of nitrogens with two attached hydrogens (primary N) is 1. The SMILES string of the molecule is CCCc1nn(C)c(N(C)Cc2ccc(C)o2)c1N. The summed E-state index contributed by atoms with van der Waals surface area (Å²) in [5.41, 5.74) is 7.94. The molecule has 2 N–H and O–H groups in total. The van der Waals surface area contributed by atoms with Crippen LogP contribution in [0.15, 0.2) is 16.5 Å². The molecule has 2 aromatic rings. The third-order valence-corrected chi connectivity index (χ3v) is 3.17. The van der Waals surface area contributed by atoms with Crippen LogP contribution >= 0.6 is 0 Å². The Morgan fingerprint density at radius 1 is 1.42 bits per heavy atom. The van der Waals surface area contributed by atoms with E-state index in [1.807, 2.05) is 37.8 Å². The maximum atomic E-state index is 6.19. The van der Waals surface area contributed by atoms with E-state index >= 15 is 0 Å². The lowest BCUT2D eigenvalue weighted by molar-refractivity contribution is 0.480. The highest BCUT2D eigenvalue weighted by Gasteiger charge is 2.17. The third kappa shape index (κ3) is 2.75. The minimum atomic E-state index is 0.684. The first kappa shape index (κ1) is 13.5. The molecule has 0 atom stereocenters. The average molecular weight is 262 g/mol. The zero-order valence-corrected chi connectivity index (χ0v) is 12.1. The molecule has 0 unspecified atom stereocenters. The van der Waals surface area contributed by atoms with Gasteiger partial charge in [0, 0.05) is 14.1 Å². The van der Waals surface area contributed by atoms with Gasteiger partial charge in [0.15, 0.2) is 5.82 Å². The molecule has 2 rings (SSSR count). The molecule has 0 aliphatic carbocycles. The normalized spacial score (nSPS) is 10.9. The molecule has 0 aliphatic rings. The van der Waals surface area contributed by atoms with E-state index < -0.39 is 0 Å². The van der Waals surface area contributed by atoms with E-state index in [1.54, 1.807) is 0 Å². The fourth-order valence-corrected chi connectivity index (χ4v) is 2.34. The molecule has 2 aromatic heterocycles. The van der Waals surface area contributed by atoms with Crippen molar-refractivity contribution in [2.45, 2.75) is 33.2 Å². The molecule has 2 heterocycles. The van der Waals surface area contributed by atoms with Crippen molar-refractivity contribution in [3.63, 3.8) is 0 Å². The zero-order valence-electron chi connectivity index (χ0n) is 12.1. The van der Waals surface area contributed by atoms with Crippen LogP contribution in [0.4, 0.5) is 11.5 Å². The van der Waals surface area contributed by atoms with E-state index in [2.05, 4.69) is 16.9 Å². The minimum Gasteiger partial charge on any atom is -0.464 e. The number of anilines is 2. The van der Waals surface area contributed by atoms with Crippen LogP contribution in [0.2, 0.25) is 0 Å². The summed E-state index contributed by atoms with van der Waals surface area (Å²) in [7, 11) is 3.93. The van der Waals surface area contributed by atoms with Crippen LogP contribution in [0.5, 0.6) is 0 Å². The standard InChI is InChI=1S/C14H22N4O/c1-5-6-12-13(15)14(18(4)16-12)17(3)9-11-8-7-10(2)19-11/h7-8H,5-6,9,15H2,1-4H3. The summed E-state index contributed by atoms with van der Waals surface area (Å²) in [6.07, 6.45) is 1.95. The number of hydrogen-bond acceptors (Lipinski definition) is 4. The van der Waals surface area contributed by atoms with Gasteiger partial charge in [-0.1, -0.05) is 13.3 Å². The van der Waals surface area contributed by atoms with Gasteiger partial charge in [-0.15, -0.1) is 0 Å². The first-order valence-electron chi connectivity index (χ1n) is 6.60. The number of aromatic nitrogens is 2. The van der Waals surface area contributed by atoms with Crippen molar-refractivity contribution in [2.75, 3.05) is 17.7 Å². The van der Waals surface area contributed by atoms with Crippen molar-refractivity contribution in [2.24, 2.45) is 7.05 Å². The van der Waals surface area contributed by atoms with Crippen molar-refractivity contribution in [3.8, 4) is 0 Å². The lowest BCUT2D eigenvalue weighted by Gasteiger charge is -2.18. The number of rotatable bonds is 5. The Morgan fingerprint density at radius 2 is 2.16 bits per heavy atom. The molecule has 0 radical (unpaired) electrons. The summed E-state index contributed by atoms with van der Waals surface area (Å²) in [5.74, 6) is 2.79. The van der Waals surface area contributed by atoms with E-state index in [0.717, 1.165) is 41.6 Å². The molecule has 0 saturated carbocycles. The second kappa shape index (κ2) is 5.38. The van der Waals surface area contributed by atoms with Crippen LogP contribution in [0, 0.1) is 6.92 Å². The topological polar surface area (TPSA) is 60.2 Å². The molecule has 0 saturated heterocycles. The van der Waals surface area contributed by atoms with Gasteiger partial charge >= 0.3 is 0 Å². The predicted molar refractivity (Wildman–Crippen MR) is 77.2 cm³/mol. The van der Waals surface area contributed by atoms with E-state index in [0.29, 0.717) is 6.54 Å². The quantitative estimate of drug-likeness (QED) is 0.899. The fraction of sp³-hybridized carbons (Fsp3) is 0.500. The summed E-state index contributed by atoms with van der Waals surface area (Å²) in [4.78, 5) is 2.07. The van der Waals surface area contributed by atoms with Crippen LogP contribution in [-0.2, 0) is 20.0 Å². The van der Waals surface area contributed by atoms with Crippen LogP contribution in [0.3, 0.4) is 0 Å². The molecule has 0 aliphatic heterocycles. The Balaban J connectivity index is 2.21. The monoisotopic (exact) mass is 262 g/mol. The van der Waals surface area contributed by atoms with Crippen molar-refractivity contribution in [1.82, 2.24) is 9.78 Å². The van der Waals surface area contributed by atoms with Crippen molar-refractivity contribution >= 4 is 11.5 Å². The Kier molecular flexibility index (Phi) is 3.83. The summed E-state index contributed by atoms with van der Waals surface area (Å²) >= 11 is 0. The molecule has 0 fully saturated rings. The molecule has 0 bridgehead atoms. The fourth-order valence-electron chi connectivity index (χ4n) is 2.34. The first-order valence-corrected chi connectivity index (χ1v) is 6.60. The van der Waals surface area contributed by atoms with Gasteiger partial charge in [0.1, 0.15) is 11.5 Å². The van der Waals surface area contributed by atoms with E-state index in [4.69, 9.17) is 10.2 Å². The predicted octanol–water partition coefficient (Wildman–Crippen LogP) is 2.49. The third-order valence-electron chi connectivity index (χ3n) is 3.17. The van der Waals surface area contributed by atoms with Gasteiger partial charge in [-0.25, -0.2) is 0 Å². The van der Waals surface area contributed by atoms with E-state index in [9.17, 15) is 0 Å². The molecule has 104 valence electrons. The Morgan fingerprint density at radius 3 is 2.74 bits per heavy atom.